The maximum Gasteiger partial charge on any atom is 0.123 e. The lowest BCUT2D eigenvalue weighted by Crippen LogP contribution is -2.26. The lowest BCUT2D eigenvalue weighted by molar-refractivity contribution is 0.256. The van der Waals surface area contributed by atoms with E-state index in [-0.39, 0.29) is 5.84 Å². The van der Waals surface area contributed by atoms with E-state index in [1.165, 1.54) is 24.8 Å². The van der Waals surface area contributed by atoms with Crippen molar-refractivity contribution >= 4 is 5.84 Å². The largest absolute Gasteiger partial charge is 0.384 e. The molecule has 104 valence electrons. The smallest absolute Gasteiger partial charge is 0.123 e. The average molecular weight is 259 g/mol. The lowest BCUT2D eigenvalue weighted by atomic mass is 9.85. The summed E-state index contributed by atoms with van der Waals surface area (Å²) in [6.07, 6.45) is 3.81. The number of likely N-dealkylation sites (tertiary alicyclic amines) is 1. The number of rotatable bonds is 3. The third-order valence-electron chi connectivity index (χ3n) is 4.13. The molecule has 0 unspecified atom stereocenters. The van der Waals surface area contributed by atoms with Gasteiger partial charge in [-0.05, 0) is 43.3 Å². The molecule has 1 aromatic rings. The summed E-state index contributed by atoms with van der Waals surface area (Å²) < 4.78 is 0. The van der Waals surface area contributed by atoms with Gasteiger partial charge in [-0.1, -0.05) is 38.1 Å². The molecule has 1 fully saturated rings. The Morgan fingerprint density at radius 3 is 2.74 bits per heavy atom. The Morgan fingerprint density at radius 2 is 2.00 bits per heavy atom. The zero-order chi connectivity index (χ0) is 13.9. The number of hydrogen-bond acceptors (Lipinski definition) is 2. The minimum atomic E-state index is 0.172. The van der Waals surface area contributed by atoms with Gasteiger partial charge in [0, 0.05) is 12.1 Å². The van der Waals surface area contributed by atoms with E-state index in [9.17, 15) is 0 Å². The molecule has 19 heavy (non-hydrogen) atoms. The highest BCUT2D eigenvalue weighted by atomic mass is 15.1. The summed E-state index contributed by atoms with van der Waals surface area (Å²) in [7, 11) is 0. The van der Waals surface area contributed by atoms with E-state index < -0.39 is 0 Å². The van der Waals surface area contributed by atoms with E-state index in [0.717, 1.165) is 25.2 Å². The SMILES string of the molecule is CC1(C)CCCN(Cc2ccccc2C(=N)N)CC1. The van der Waals surface area contributed by atoms with Crippen LogP contribution in [0.1, 0.15) is 44.2 Å². The summed E-state index contributed by atoms with van der Waals surface area (Å²) in [5, 5.41) is 7.66. The maximum absolute atomic E-state index is 7.66. The first-order valence-corrected chi connectivity index (χ1v) is 7.13. The average Bonchev–Trinajstić information content (AvgIpc) is 2.51. The number of nitrogens with zero attached hydrogens (tertiary/aromatic N) is 1. The molecule has 0 aliphatic carbocycles. The molecule has 2 rings (SSSR count). The van der Waals surface area contributed by atoms with Gasteiger partial charge in [-0.15, -0.1) is 0 Å². The van der Waals surface area contributed by atoms with Crippen LogP contribution < -0.4 is 5.73 Å². The Bertz CT molecular complexity index is 451. The number of hydrogen-bond donors (Lipinski definition) is 2. The van der Waals surface area contributed by atoms with Crippen LogP contribution in [0.2, 0.25) is 0 Å². The molecule has 1 heterocycles. The zero-order valence-corrected chi connectivity index (χ0v) is 12.1. The van der Waals surface area contributed by atoms with Crippen LogP contribution >= 0.6 is 0 Å². The summed E-state index contributed by atoms with van der Waals surface area (Å²) in [5.41, 5.74) is 8.18. The number of benzene rings is 1. The molecule has 1 aliphatic rings. The Morgan fingerprint density at radius 1 is 1.26 bits per heavy atom. The fourth-order valence-electron chi connectivity index (χ4n) is 2.80. The second kappa shape index (κ2) is 5.74. The Hall–Kier alpha value is -1.35. The van der Waals surface area contributed by atoms with Crippen molar-refractivity contribution in [1.29, 1.82) is 5.41 Å². The molecule has 0 saturated carbocycles. The van der Waals surface area contributed by atoms with Crippen LogP contribution in [0.4, 0.5) is 0 Å². The quantitative estimate of drug-likeness (QED) is 0.647. The van der Waals surface area contributed by atoms with E-state index in [1.54, 1.807) is 0 Å². The molecule has 0 atom stereocenters. The molecule has 0 spiro atoms. The van der Waals surface area contributed by atoms with Gasteiger partial charge in [-0.25, -0.2) is 0 Å². The Labute approximate surface area is 116 Å². The predicted octanol–water partition coefficient (Wildman–Crippen LogP) is 2.98. The molecule has 1 aromatic carbocycles. The van der Waals surface area contributed by atoms with Crippen molar-refractivity contribution in [3.63, 3.8) is 0 Å². The maximum atomic E-state index is 7.66. The van der Waals surface area contributed by atoms with Crippen LogP contribution in [-0.2, 0) is 6.54 Å². The third-order valence-corrected chi connectivity index (χ3v) is 4.13. The van der Waals surface area contributed by atoms with Crippen LogP contribution in [-0.4, -0.2) is 23.8 Å². The van der Waals surface area contributed by atoms with Crippen LogP contribution in [0.15, 0.2) is 24.3 Å². The van der Waals surface area contributed by atoms with Crippen LogP contribution in [0.25, 0.3) is 0 Å². The molecule has 3 N–H and O–H groups in total. The minimum absolute atomic E-state index is 0.172. The van der Waals surface area contributed by atoms with Gasteiger partial charge < -0.3 is 5.73 Å². The molecule has 0 amide bonds. The molecule has 1 saturated heterocycles. The first kappa shape index (κ1) is 14.1. The van der Waals surface area contributed by atoms with Gasteiger partial charge in [0.15, 0.2) is 0 Å². The Kier molecular flexibility index (Phi) is 4.25. The fraction of sp³-hybridized carbons (Fsp3) is 0.562. The summed E-state index contributed by atoms with van der Waals surface area (Å²) in [6, 6.07) is 8.02. The van der Waals surface area contributed by atoms with Crippen LogP contribution in [0.3, 0.4) is 0 Å². The third kappa shape index (κ3) is 3.80. The second-order valence-corrected chi connectivity index (χ2v) is 6.36. The van der Waals surface area contributed by atoms with Gasteiger partial charge >= 0.3 is 0 Å². The van der Waals surface area contributed by atoms with Crippen molar-refractivity contribution in [2.24, 2.45) is 11.1 Å². The van der Waals surface area contributed by atoms with E-state index in [2.05, 4.69) is 24.8 Å². The predicted molar refractivity (Wildman–Crippen MR) is 80.4 cm³/mol. The van der Waals surface area contributed by atoms with Crippen molar-refractivity contribution in [2.75, 3.05) is 13.1 Å². The molecule has 3 heteroatoms. The van der Waals surface area contributed by atoms with E-state index in [1.807, 2.05) is 18.2 Å². The topological polar surface area (TPSA) is 53.1 Å². The summed E-state index contributed by atoms with van der Waals surface area (Å²) in [6.45, 7) is 7.92. The monoisotopic (exact) mass is 259 g/mol. The van der Waals surface area contributed by atoms with Crippen molar-refractivity contribution in [2.45, 2.75) is 39.7 Å². The van der Waals surface area contributed by atoms with Crippen LogP contribution in [0.5, 0.6) is 0 Å². The number of nitrogens with one attached hydrogen (secondary N) is 1. The highest BCUT2D eigenvalue weighted by molar-refractivity contribution is 5.96. The van der Waals surface area contributed by atoms with Crippen molar-refractivity contribution < 1.29 is 0 Å². The molecule has 0 radical (unpaired) electrons. The summed E-state index contributed by atoms with van der Waals surface area (Å²) in [4.78, 5) is 2.50. The number of amidine groups is 1. The molecule has 1 aliphatic heterocycles. The molecular weight excluding hydrogens is 234 g/mol. The number of nitrogens with two attached hydrogens (primary N) is 1. The standard InChI is InChI=1S/C16H25N3/c1-16(2)8-5-10-19(11-9-16)12-13-6-3-4-7-14(13)15(17)18/h3-4,6-7H,5,8-12H2,1-2H3,(H3,17,18). The van der Waals surface area contributed by atoms with E-state index >= 15 is 0 Å². The minimum Gasteiger partial charge on any atom is -0.384 e. The zero-order valence-electron chi connectivity index (χ0n) is 12.1. The van der Waals surface area contributed by atoms with E-state index in [4.69, 9.17) is 11.1 Å². The highest BCUT2D eigenvalue weighted by Gasteiger charge is 2.23. The Balaban J connectivity index is 2.07. The van der Waals surface area contributed by atoms with Gasteiger partial charge in [0.05, 0.1) is 0 Å². The molecule has 0 bridgehead atoms. The fourth-order valence-corrected chi connectivity index (χ4v) is 2.80. The summed E-state index contributed by atoms with van der Waals surface area (Å²) in [5.74, 6) is 0.172. The van der Waals surface area contributed by atoms with Crippen molar-refractivity contribution in [1.82, 2.24) is 4.90 Å². The number of nitrogen functional groups attached to an aromatic ring is 1. The van der Waals surface area contributed by atoms with Crippen molar-refractivity contribution in [3.05, 3.63) is 35.4 Å². The van der Waals surface area contributed by atoms with Gasteiger partial charge in [0.1, 0.15) is 5.84 Å². The lowest BCUT2D eigenvalue weighted by Gasteiger charge is -2.24. The second-order valence-electron chi connectivity index (χ2n) is 6.36. The summed E-state index contributed by atoms with van der Waals surface area (Å²) >= 11 is 0. The van der Waals surface area contributed by atoms with Gasteiger partial charge in [0.25, 0.3) is 0 Å². The van der Waals surface area contributed by atoms with Gasteiger partial charge in [-0.2, -0.15) is 0 Å². The highest BCUT2D eigenvalue weighted by Crippen LogP contribution is 2.30. The van der Waals surface area contributed by atoms with Gasteiger partial charge in [-0.3, -0.25) is 10.3 Å². The van der Waals surface area contributed by atoms with Crippen molar-refractivity contribution in [3.8, 4) is 0 Å². The van der Waals surface area contributed by atoms with E-state index in [0.29, 0.717) is 5.41 Å². The molecule has 3 nitrogen and oxygen atoms in total. The first-order valence-electron chi connectivity index (χ1n) is 7.13. The molecular formula is C16H25N3. The van der Waals surface area contributed by atoms with Gasteiger partial charge in [0.2, 0.25) is 0 Å². The normalized spacial score (nSPS) is 19.9. The molecule has 0 aromatic heterocycles. The van der Waals surface area contributed by atoms with Crippen LogP contribution in [0, 0.1) is 10.8 Å². The first-order chi connectivity index (χ1) is 8.98.